The Morgan fingerprint density at radius 2 is 0.558 bits per heavy atom. The highest BCUT2D eigenvalue weighted by molar-refractivity contribution is 9.09. The largest absolute Gasteiger partial charge is 0.394 e. The number of hydrogen-bond donors (Lipinski definition) is 25. The molecule has 9 heterocycles. The zero-order chi connectivity index (χ0) is 76.4. The highest BCUT2D eigenvalue weighted by Crippen LogP contribution is 2.42. The fraction of sp³-hybridized carbons (Fsp3) is 0.983. The minimum Gasteiger partial charge on any atom is -0.394 e. The van der Waals surface area contributed by atoms with E-state index in [1.54, 1.807) is 0 Å². The maximum Gasteiger partial charge on any atom is 0.232 e. The number of alkyl halides is 1. The molecule has 25 N–H and O–H groups in total. The third-order valence-electron chi connectivity index (χ3n) is 20.6. The lowest BCUT2D eigenvalue weighted by molar-refractivity contribution is -0.402. The van der Waals surface area contributed by atoms with Crippen LogP contribution in [-0.2, 0) is 85.3 Å². The summed E-state index contributed by atoms with van der Waals surface area (Å²) in [5.74, 6) is -5.24. The summed E-state index contributed by atoms with van der Waals surface area (Å²) < 4.78 is 102. The number of amides is 1. The third kappa shape index (κ3) is 18.2. The molecule has 0 radical (unpaired) electrons. The Morgan fingerprint density at radius 3 is 0.933 bits per heavy atom. The Labute approximate surface area is 601 Å². The predicted octanol–water partition coefficient (Wildman–Crippen LogP) is -15.0. The van der Waals surface area contributed by atoms with Crippen molar-refractivity contribution in [3.63, 3.8) is 0 Å². The molecule has 0 aliphatic carbocycles. The van der Waals surface area contributed by atoms with Crippen molar-refractivity contribution in [2.75, 3.05) is 64.8 Å². The minimum atomic E-state index is -2.36. The average molecular weight is 1590 g/mol. The molecule has 0 aromatic carbocycles. The number of rotatable bonds is 27. The summed E-state index contributed by atoms with van der Waals surface area (Å²) in [7, 11) is 0. The van der Waals surface area contributed by atoms with E-state index in [1.165, 1.54) is 27.7 Å². The van der Waals surface area contributed by atoms with Gasteiger partial charge < -0.3 is 208 Å². The Bertz CT molecular complexity index is 2600. The molecule has 0 spiro atoms. The van der Waals surface area contributed by atoms with Crippen LogP contribution in [0.5, 0.6) is 0 Å². The highest BCUT2D eigenvalue weighted by Gasteiger charge is 2.60. The smallest absolute Gasteiger partial charge is 0.232 e. The first kappa shape index (κ1) is 86.3. The normalized spacial score (nSPS) is 52.0. The lowest BCUT2D eigenvalue weighted by Crippen LogP contribution is -2.68. The van der Waals surface area contributed by atoms with E-state index in [9.17, 15) is 127 Å². The molecular formula is C60H102BrNO42. The van der Waals surface area contributed by atoms with Crippen LogP contribution in [0.2, 0.25) is 0 Å². The molecule has 9 saturated heterocycles. The average Bonchev–Trinajstić information content (AvgIpc) is 0.783. The van der Waals surface area contributed by atoms with E-state index in [1.807, 2.05) is 0 Å². The Morgan fingerprint density at radius 1 is 0.279 bits per heavy atom. The van der Waals surface area contributed by atoms with Gasteiger partial charge in [-0.1, -0.05) is 43.6 Å². The molecule has 606 valence electrons. The van der Waals surface area contributed by atoms with Crippen molar-refractivity contribution < 1.29 is 208 Å². The molecule has 45 atom stereocenters. The summed E-state index contributed by atoms with van der Waals surface area (Å²) in [6.07, 6.45) is -74.8. The molecule has 0 aromatic heterocycles. The first-order valence-corrected chi connectivity index (χ1v) is 35.2. The van der Waals surface area contributed by atoms with Crippen molar-refractivity contribution in [1.29, 1.82) is 0 Å². The van der Waals surface area contributed by atoms with E-state index >= 15 is 0 Å². The number of carbonyl (C=O) groups excluding carboxylic acids is 1. The van der Waals surface area contributed by atoms with E-state index in [-0.39, 0.29) is 5.33 Å². The van der Waals surface area contributed by atoms with Gasteiger partial charge in [-0.05, 0) is 0 Å². The number of nitrogens with one attached hydrogen (secondary N) is 1. The number of carbonyl (C=O) groups is 1. The van der Waals surface area contributed by atoms with Gasteiger partial charge in [-0.2, -0.15) is 0 Å². The fourth-order valence-electron chi connectivity index (χ4n) is 13.9. The van der Waals surface area contributed by atoms with E-state index in [0.29, 0.717) is 0 Å². The zero-order valence-electron chi connectivity index (χ0n) is 56.5. The van der Waals surface area contributed by atoms with Crippen LogP contribution >= 0.6 is 15.9 Å². The van der Waals surface area contributed by atoms with Crippen LogP contribution in [0.1, 0.15) is 27.7 Å². The fourth-order valence-corrected chi connectivity index (χ4v) is 14.1. The van der Waals surface area contributed by atoms with E-state index in [4.69, 9.17) is 80.5 Å². The van der Waals surface area contributed by atoms with Gasteiger partial charge in [-0.25, -0.2) is 0 Å². The summed E-state index contributed by atoms with van der Waals surface area (Å²) in [5.41, 5.74) is 0. The second-order valence-corrected chi connectivity index (χ2v) is 28.0. The van der Waals surface area contributed by atoms with Crippen molar-refractivity contribution in [3.8, 4) is 0 Å². The predicted molar refractivity (Wildman–Crippen MR) is 329 cm³/mol. The van der Waals surface area contributed by atoms with Crippen LogP contribution in [0.3, 0.4) is 0 Å². The molecule has 0 aromatic rings. The molecule has 19 unspecified atom stereocenters. The molecular weight excluding hydrogens is 1490 g/mol. The van der Waals surface area contributed by atoms with Crippen molar-refractivity contribution in [2.24, 2.45) is 23.7 Å². The van der Waals surface area contributed by atoms with Crippen LogP contribution in [0.25, 0.3) is 0 Å². The quantitative estimate of drug-likeness (QED) is 0.0340. The van der Waals surface area contributed by atoms with Crippen molar-refractivity contribution in [1.82, 2.24) is 5.32 Å². The van der Waals surface area contributed by atoms with Gasteiger partial charge in [0.2, 0.25) is 5.91 Å². The van der Waals surface area contributed by atoms with Gasteiger partial charge in [0.25, 0.3) is 0 Å². The van der Waals surface area contributed by atoms with E-state index < -0.39 is 341 Å². The van der Waals surface area contributed by atoms with Crippen molar-refractivity contribution in [3.05, 3.63) is 0 Å². The maximum absolute atomic E-state index is 12.5. The SMILES string of the molecule is CC1C(O)[C@H](O[C@@H]2OC(CO)[C@H](O)C(O)[C@@H]2O)[C@H](CO)O[C@H]1O[C@@H]1C(O)[C@H](O)C(CO)O[C@@H]1OCC1O[C@@H](O[C@@H]2C(CO)O[C@@H](O[C@@H]3C(CO)O[C@@H](NC(=O)CBr)[C@@H](C)C3O)[C@@H](C)C2O)C(O)C(O[C@H]2O[C@H](CO)[C@@H](O)C(O)C2O[C@@H]2OC(CO)[C@@H](O[C@@H]3OC(CO)[C@H](O)C(O)[C@@H]3O)C(O)[C@@H]2C)[C@@H]1O. The van der Waals surface area contributed by atoms with Crippen LogP contribution in [0, 0.1) is 23.7 Å². The monoisotopic (exact) mass is 1590 g/mol. The van der Waals surface area contributed by atoms with Crippen LogP contribution in [-0.4, -0.2) is 445 Å². The van der Waals surface area contributed by atoms with Gasteiger partial charge in [0.05, 0.1) is 89.2 Å². The summed E-state index contributed by atoms with van der Waals surface area (Å²) in [6.45, 7) is -2.98. The maximum atomic E-state index is 12.5. The van der Waals surface area contributed by atoms with Gasteiger partial charge in [0, 0.05) is 23.7 Å². The Hall–Kier alpha value is -1.69. The number of aliphatic hydroxyl groups is 24. The molecule has 9 fully saturated rings. The topological polar surface area (TPSA) is 672 Å². The molecule has 104 heavy (non-hydrogen) atoms. The Balaban J connectivity index is 0.987. The molecule has 9 aliphatic rings. The van der Waals surface area contributed by atoms with Gasteiger partial charge >= 0.3 is 0 Å². The van der Waals surface area contributed by atoms with Gasteiger partial charge in [0.1, 0.15) is 177 Å². The minimum absolute atomic E-state index is 0.127. The number of halogens is 1. The van der Waals surface area contributed by atoms with Crippen molar-refractivity contribution >= 4 is 21.8 Å². The molecule has 44 heteroatoms. The molecule has 0 bridgehead atoms. The van der Waals surface area contributed by atoms with E-state index in [2.05, 4.69) is 21.2 Å². The number of aliphatic hydroxyl groups excluding tert-OH is 24. The number of hydrogen-bond acceptors (Lipinski definition) is 42. The number of ether oxygens (including phenoxy) is 17. The molecule has 1 amide bonds. The lowest BCUT2D eigenvalue weighted by Gasteiger charge is -2.51. The Kier molecular flexibility index (Phi) is 31.3. The summed E-state index contributed by atoms with van der Waals surface area (Å²) in [4.78, 5) is 12.3. The van der Waals surface area contributed by atoms with Gasteiger partial charge in [-0.15, -0.1) is 0 Å². The third-order valence-corrected chi connectivity index (χ3v) is 21.1. The van der Waals surface area contributed by atoms with Crippen LogP contribution in [0.15, 0.2) is 0 Å². The standard InChI is InChI=1S/C60H102BrNO42/c1-15-29(72)45(23(10-67)89-52(15)62-28(71)5-61)98-53-16(2)30(73)48(26(13-70)94-53)101-58-44(87)49(102-60-51(41(84)36(79)22(9-66)93-60)104-55-18(4)32(75)47(25(12-69)96-55)100-57-43(86)39(82)34(77)20(7-64)91-57)37(80)27(97-58)14-88-59-50(40(83)35(78)21(8-65)92-59)103-54-17(3)31(74)46(24(11-68)95-54)99-56-42(85)38(81)33(76)19(6-63)90-56/h15-27,29-60,63-70,72-87H,5-14H2,1-4H3,(H,62,71)/t15-,16-,17?,18-,19?,20?,21?,22+,23?,24-,25?,26?,27?,29?,30?,31?,32?,33-,34-,35+,36+,37+,38?,39?,40?,41?,42-,43-,44?,45+,46+,47+,48+,49?,50+,51?,52+,53-,54-,55-,56-,57-,58-,59-,60+/m0/s1. The summed E-state index contributed by atoms with van der Waals surface area (Å²) in [6, 6.07) is 0. The molecule has 9 aliphatic heterocycles. The lowest BCUT2D eigenvalue weighted by atomic mass is 9.89. The second-order valence-electron chi connectivity index (χ2n) is 27.4. The summed E-state index contributed by atoms with van der Waals surface area (Å²) >= 11 is 3.04. The second kappa shape index (κ2) is 37.8. The van der Waals surface area contributed by atoms with Gasteiger partial charge in [-0.3, -0.25) is 4.79 Å². The zero-order valence-corrected chi connectivity index (χ0v) is 58.1. The molecule has 9 rings (SSSR count). The van der Waals surface area contributed by atoms with Crippen LogP contribution in [0.4, 0.5) is 0 Å². The van der Waals surface area contributed by atoms with Gasteiger partial charge in [0.15, 0.2) is 50.3 Å². The van der Waals surface area contributed by atoms with E-state index in [0.717, 1.165) is 0 Å². The molecule has 43 nitrogen and oxygen atoms in total. The van der Waals surface area contributed by atoms with Crippen molar-refractivity contribution in [2.45, 2.75) is 280 Å². The molecule has 0 saturated carbocycles. The first-order chi connectivity index (χ1) is 49.4. The highest BCUT2D eigenvalue weighted by atomic mass is 79.9. The first-order valence-electron chi connectivity index (χ1n) is 34.1. The summed E-state index contributed by atoms with van der Waals surface area (Å²) in [5, 5.41) is 266. The van der Waals surface area contributed by atoms with Crippen LogP contribution < -0.4 is 5.32 Å².